The molecule has 1 atom stereocenters. The van der Waals surface area contributed by atoms with Crippen molar-refractivity contribution in [2.24, 2.45) is 0 Å². The van der Waals surface area contributed by atoms with Gasteiger partial charge in [0, 0.05) is 11.5 Å². The van der Waals surface area contributed by atoms with Crippen molar-refractivity contribution >= 4 is 18.3 Å². The first-order valence-corrected chi connectivity index (χ1v) is 9.94. The van der Waals surface area contributed by atoms with Gasteiger partial charge in [0.1, 0.15) is 0 Å². The number of carbonyl (C=O) groups excluding carboxylic acids is 1. The molecule has 154 valence electrons. The van der Waals surface area contributed by atoms with Crippen molar-refractivity contribution in [3.05, 3.63) is 47.3 Å². The molecular formula is C21H32ClN5O. The highest BCUT2D eigenvalue weighted by molar-refractivity contribution is 5.93. The summed E-state index contributed by atoms with van der Waals surface area (Å²) in [7, 11) is 0. The van der Waals surface area contributed by atoms with E-state index in [0.29, 0.717) is 11.7 Å². The number of halogens is 1. The molecule has 1 aromatic carbocycles. The topological polar surface area (TPSA) is 71.8 Å². The van der Waals surface area contributed by atoms with Gasteiger partial charge in [-0.3, -0.25) is 4.79 Å². The van der Waals surface area contributed by atoms with Gasteiger partial charge in [0.2, 0.25) is 0 Å². The normalized spacial score (nSPS) is 16.3. The van der Waals surface area contributed by atoms with Crippen molar-refractivity contribution in [3.8, 4) is 0 Å². The lowest BCUT2D eigenvalue weighted by Crippen LogP contribution is -2.47. The highest BCUT2D eigenvalue weighted by Gasteiger charge is 2.32. The molecule has 1 aromatic heterocycles. The molecule has 0 spiro atoms. The average molecular weight is 406 g/mol. The fourth-order valence-corrected chi connectivity index (χ4v) is 4.04. The van der Waals surface area contributed by atoms with Crippen molar-refractivity contribution in [2.75, 3.05) is 13.1 Å². The predicted molar refractivity (Wildman–Crippen MR) is 114 cm³/mol. The quantitative estimate of drug-likeness (QED) is 0.772. The summed E-state index contributed by atoms with van der Waals surface area (Å²) < 4.78 is 1.93. The maximum atomic E-state index is 13.0. The zero-order chi connectivity index (χ0) is 19.4. The third kappa shape index (κ3) is 4.55. The Hall–Kier alpha value is -1.92. The van der Waals surface area contributed by atoms with Crippen LogP contribution in [0.1, 0.15) is 67.8 Å². The van der Waals surface area contributed by atoms with Crippen LogP contribution in [0.3, 0.4) is 0 Å². The number of piperidine rings is 1. The molecule has 1 unspecified atom stereocenters. The summed E-state index contributed by atoms with van der Waals surface area (Å²) in [5.74, 6) is -0.136. The van der Waals surface area contributed by atoms with E-state index in [9.17, 15) is 4.79 Å². The van der Waals surface area contributed by atoms with Crippen molar-refractivity contribution < 1.29 is 4.79 Å². The molecule has 1 fully saturated rings. The minimum atomic E-state index is -0.176. The van der Waals surface area contributed by atoms with Crippen LogP contribution in [-0.2, 0) is 5.41 Å². The average Bonchev–Trinajstić information content (AvgIpc) is 3.08. The summed E-state index contributed by atoms with van der Waals surface area (Å²) in [6.45, 7) is 10.4. The number of aromatic nitrogens is 3. The minimum Gasteiger partial charge on any atom is -0.347 e. The SMILES string of the molecule is CCC(NC(=O)c1nnn(C2CCNCC2)c1C)C(C)(C)c1ccccc1.Cl. The molecule has 7 heteroatoms. The second-order valence-corrected chi connectivity index (χ2v) is 7.97. The van der Waals surface area contributed by atoms with E-state index in [4.69, 9.17) is 0 Å². The van der Waals surface area contributed by atoms with E-state index in [-0.39, 0.29) is 29.8 Å². The van der Waals surface area contributed by atoms with Crippen LogP contribution in [0.15, 0.2) is 30.3 Å². The molecule has 0 aliphatic carbocycles. The summed E-state index contributed by atoms with van der Waals surface area (Å²) in [4.78, 5) is 13.0. The van der Waals surface area contributed by atoms with Gasteiger partial charge < -0.3 is 10.6 Å². The third-order valence-corrected chi connectivity index (χ3v) is 5.90. The number of nitrogens with zero attached hydrogens (tertiary/aromatic N) is 3. The first-order valence-electron chi connectivity index (χ1n) is 9.94. The van der Waals surface area contributed by atoms with E-state index >= 15 is 0 Å². The molecule has 28 heavy (non-hydrogen) atoms. The summed E-state index contributed by atoms with van der Waals surface area (Å²) in [5, 5.41) is 15.1. The number of hydrogen-bond donors (Lipinski definition) is 2. The van der Waals surface area contributed by atoms with Crippen LogP contribution in [-0.4, -0.2) is 40.0 Å². The minimum absolute atomic E-state index is 0. The summed E-state index contributed by atoms with van der Waals surface area (Å²) in [6.07, 6.45) is 2.88. The Bertz CT molecular complexity index is 768. The van der Waals surface area contributed by atoms with Crippen LogP contribution >= 0.6 is 12.4 Å². The number of hydrogen-bond acceptors (Lipinski definition) is 4. The number of rotatable bonds is 6. The first kappa shape index (κ1) is 22.4. The van der Waals surface area contributed by atoms with Gasteiger partial charge >= 0.3 is 0 Å². The molecule has 0 bridgehead atoms. The van der Waals surface area contributed by atoms with Gasteiger partial charge in [-0.2, -0.15) is 0 Å². The predicted octanol–water partition coefficient (Wildman–Crippen LogP) is 3.42. The Morgan fingerprint density at radius 2 is 1.93 bits per heavy atom. The molecular weight excluding hydrogens is 374 g/mol. The standard InChI is InChI=1S/C21H31N5O.ClH/c1-5-18(21(3,4)16-9-7-6-8-10-16)23-20(27)19-15(2)26(25-24-19)17-11-13-22-14-12-17;/h6-10,17-18,22H,5,11-14H2,1-4H3,(H,23,27);1H. The van der Waals surface area contributed by atoms with E-state index in [1.54, 1.807) is 0 Å². The molecule has 2 aromatic rings. The lowest BCUT2D eigenvalue weighted by molar-refractivity contribution is 0.0910. The summed E-state index contributed by atoms with van der Waals surface area (Å²) in [5.41, 5.74) is 2.33. The molecule has 1 amide bonds. The molecule has 1 aliphatic heterocycles. The van der Waals surface area contributed by atoms with Crippen LogP contribution in [0, 0.1) is 6.92 Å². The van der Waals surface area contributed by atoms with Gasteiger partial charge in [0.25, 0.3) is 5.91 Å². The van der Waals surface area contributed by atoms with E-state index < -0.39 is 0 Å². The Kier molecular flexibility index (Phi) is 7.61. The molecule has 1 aliphatic rings. The fraction of sp³-hybridized carbons (Fsp3) is 0.571. The summed E-state index contributed by atoms with van der Waals surface area (Å²) >= 11 is 0. The van der Waals surface area contributed by atoms with E-state index in [0.717, 1.165) is 38.0 Å². The first-order chi connectivity index (χ1) is 12.9. The Balaban J connectivity index is 0.00000280. The van der Waals surface area contributed by atoms with Crippen LogP contribution in [0.5, 0.6) is 0 Å². The molecule has 0 saturated carbocycles. The van der Waals surface area contributed by atoms with Gasteiger partial charge in [0.15, 0.2) is 5.69 Å². The Morgan fingerprint density at radius 3 is 2.54 bits per heavy atom. The molecule has 3 rings (SSSR count). The van der Waals surface area contributed by atoms with Gasteiger partial charge in [-0.05, 0) is 44.8 Å². The number of benzene rings is 1. The number of nitrogens with one attached hydrogen (secondary N) is 2. The molecule has 2 N–H and O–H groups in total. The van der Waals surface area contributed by atoms with E-state index in [1.807, 2.05) is 29.8 Å². The van der Waals surface area contributed by atoms with Gasteiger partial charge in [-0.25, -0.2) is 4.68 Å². The van der Waals surface area contributed by atoms with Crippen molar-refractivity contribution in [2.45, 2.75) is 64.5 Å². The highest BCUT2D eigenvalue weighted by atomic mass is 35.5. The van der Waals surface area contributed by atoms with Crippen LogP contribution in [0.4, 0.5) is 0 Å². The largest absolute Gasteiger partial charge is 0.347 e. The molecule has 6 nitrogen and oxygen atoms in total. The zero-order valence-corrected chi connectivity index (χ0v) is 18.1. The monoisotopic (exact) mass is 405 g/mol. The maximum absolute atomic E-state index is 13.0. The number of carbonyl (C=O) groups is 1. The molecule has 0 radical (unpaired) electrons. The van der Waals surface area contributed by atoms with Gasteiger partial charge in [-0.15, -0.1) is 17.5 Å². The van der Waals surface area contributed by atoms with Crippen molar-refractivity contribution in [3.63, 3.8) is 0 Å². The second-order valence-electron chi connectivity index (χ2n) is 7.97. The Labute approximate surface area is 173 Å². The second kappa shape index (κ2) is 9.52. The smallest absolute Gasteiger partial charge is 0.273 e. The number of amides is 1. The van der Waals surface area contributed by atoms with Gasteiger partial charge in [0.05, 0.1) is 11.7 Å². The van der Waals surface area contributed by atoms with Crippen molar-refractivity contribution in [1.82, 2.24) is 25.6 Å². The van der Waals surface area contributed by atoms with Gasteiger partial charge in [-0.1, -0.05) is 56.3 Å². The fourth-order valence-electron chi connectivity index (χ4n) is 4.04. The lowest BCUT2D eigenvalue weighted by Gasteiger charge is -2.35. The van der Waals surface area contributed by atoms with Crippen LogP contribution in [0.2, 0.25) is 0 Å². The van der Waals surface area contributed by atoms with E-state index in [2.05, 4.69) is 53.8 Å². The summed E-state index contributed by atoms with van der Waals surface area (Å²) in [6, 6.07) is 10.7. The van der Waals surface area contributed by atoms with E-state index in [1.165, 1.54) is 5.56 Å². The zero-order valence-electron chi connectivity index (χ0n) is 17.2. The highest BCUT2D eigenvalue weighted by Crippen LogP contribution is 2.29. The third-order valence-electron chi connectivity index (χ3n) is 5.90. The van der Waals surface area contributed by atoms with Crippen LogP contribution in [0.25, 0.3) is 0 Å². The molecule has 2 heterocycles. The Morgan fingerprint density at radius 1 is 1.29 bits per heavy atom. The van der Waals surface area contributed by atoms with Crippen LogP contribution < -0.4 is 10.6 Å². The molecule has 1 saturated heterocycles. The van der Waals surface area contributed by atoms with Crippen molar-refractivity contribution in [1.29, 1.82) is 0 Å². The lowest BCUT2D eigenvalue weighted by atomic mass is 9.76. The maximum Gasteiger partial charge on any atom is 0.273 e.